The summed E-state index contributed by atoms with van der Waals surface area (Å²) in [6.45, 7) is 0. The number of nitrogens with zero attached hydrogens (tertiary/aromatic N) is 3. The highest BCUT2D eigenvalue weighted by atomic mass is 14.7. The number of aromatic nitrogens is 2. The maximum atomic E-state index is 9.45. The molecule has 5 aromatic carbocycles. The molecule has 9 rings (SSSR count). The van der Waals surface area contributed by atoms with E-state index in [1.807, 2.05) is 18.2 Å². The van der Waals surface area contributed by atoms with Gasteiger partial charge in [-0.1, -0.05) is 103 Å². The van der Waals surface area contributed by atoms with Gasteiger partial charge in [-0.05, 0) is 79.5 Å². The van der Waals surface area contributed by atoms with Gasteiger partial charge in [-0.3, -0.25) is 4.98 Å². The summed E-state index contributed by atoms with van der Waals surface area (Å²) in [5.74, 6) is 0. The van der Waals surface area contributed by atoms with E-state index >= 15 is 0 Å². The summed E-state index contributed by atoms with van der Waals surface area (Å²) in [5, 5.41) is 11.8. The number of benzene rings is 5. The first-order valence-electron chi connectivity index (χ1n) is 14.5. The number of pyridine rings is 2. The molecule has 0 unspecified atom stereocenters. The summed E-state index contributed by atoms with van der Waals surface area (Å²) in [6, 6.07) is 48.0. The summed E-state index contributed by atoms with van der Waals surface area (Å²) >= 11 is 0. The van der Waals surface area contributed by atoms with Gasteiger partial charge in [-0.2, -0.15) is 5.26 Å². The standard InChI is InChI=1S/C40H23N3/c41-22-25-20-26(24-42-23-25)37-18-9-19-38(43-37)32-21-36-39(30-13-2-1-10-27(30)32)31-14-5-8-17-35(31)40(36)33-15-6-3-11-28(33)29-12-4-7-16-34(29)40/h1-21,23-24H. The van der Waals surface area contributed by atoms with Gasteiger partial charge in [0.2, 0.25) is 0 Å². The molecule has 2 aliphatic rings. The maximum absolute atomic E-state index is 9.45. The quantitative estimate of drug-likeness (QED) is 0.218. The van der Waals surface area contributed by atoms with Crippen molar-refractivity contribution in [2.75, 3.05) is 0 Å². The Balaban J connectivity index is 1.40. The topological polar surface area (TPSA) is 49.6 Å². The predicted octanol–water partition coefficient (Wildman–Crippen LogP) is 9.18. The lowest BCUT2D eigenvalue weighted by molar-refractivity contribution is 0.794. The molecule has 0 saturated heterocycles. The summed E-state index contributed by atoms with van der Waals surface area (Å²) in [7, 11) is 0. The largest absolute Gasteiger partial charge is 0.263 e. The lowest BCUT2D eigenvalue weighted by Gasteiger charge is -2.31. The Hall–Kier alpha value is -5.85. The normalized spacial score (nSPS) is 13.3. The molecular weight excluding hydrogens is 522 g/mol. The monoisotopic (exact) mass is 545 g/mol. The van der Waals surface area contributed by atoms with Crippen LogP contribution in [0.25, 0.3) is 55.5 Å². The van der Waals surface area contributed by atoms with Gasteiger partial charge < -0.3 is 0 Å². The van der Waals surface area contributed by atoms with Crippen LogP contribution in [0.1, 0.15) is 27.8 Å². The molecule has 2 heterocycles. The van der Waals surface area contributed by atoms with Crippen LogP contribution in [0.3, 0.4) is 0 Å². The number of hydrogen-bond donors (Lipinski definition) is 0. The molecule has 0 fully saturated rings. The SMILES string of the molecule is N#Cc1cncc(-c2cccc(-c3cc4c(c5ccccc35)-c3ccccc3C43c4ccccc4-c4ccccc43)n2)c1. The molecule has 0 radical (unpaired) electrons. The molecule has 7 aromatic rings. The lowest BCUT2D eigenvalue weighted by Crippen LogP contribution is -2.25. The molecule has 2 aliphatic carbocycles. The van der Waals surface area contributed by atoms with Crippen LogP contribution in [0.15, 0.2) is 140 Å². The Morgan fingerprint density at radius 1 is 0.512 bits per heavy atom. The third-order valence-electron chi connectivity index (χ3n) is 9.19. The average molecular weight is 546 g/mol. The van der Waals surface area contributed by atoms with Crippen LogP contribution in [0.5, 0.6) is 0 Å². The van der Waals surface area contributed by atoms with Crippen LogP contribution in [-0.4, -0.2) is 9.97 Å². The van der Waals surface area contributed by atoms with Crippen LogP contribution in [-0.2, 0) is 5.41 Å². The zero-order chi connectivity index (χ0) is 28.5. The van der Waals surface area contributed by atoms with Crippen LogP contribution >= 0.6 is 0 Å². The summed E-state index contributed by atoms with van der Waals surface area (Å²) < 4.78 is 0. The molecule has 0 bridgehead atoms. The molecule has 2 aromatic heterocycles. The van der Waals surface area contributed by atoms with Gasteiger partial charge in [-0.25, -0.2) is 4.98 Å². The van der Waals surface area contributed by atoms with Crippen molar-refractivity contribution in [3.63, 3.8) is 0 Å². The first-order valence-corrected chi connectivity index (χ1v) is 14.5. The van der Waals surface area contributed by atoms with Gasteiger partial charge in [-0.15, -0.1) is 0 Å². The zero-order valence-corrected chi connectivity index (χ0v) is 23.1. The molecule has 3 nitrogen and oxygen atoms in total. The van der Waals surface area contributed by atoms with Gasteiger partial charge in [0.15, 0.2) is 0 Å². The van der Waals surface area contributed by atoms with E-state index in [1.54, 1.807) is 12.4 Å². The Morgan fingerprint density at radius 3 is 1.84 bits per heavy atom. The second kappa shape index (κ2) is 8.82. The first kappa shape index (κ1) is 23.8. The molecule has 43 heavy (non-hydrogen) atoms. The van der Waals surface area contributed by atoms with Crippen molar-refractivity contribution in [1.29, 1.82) is 5.26 Å². The minimum atomic E-state index is -0.430. The van der Waals surface area contributed by atoms with Crippen molar-refractivity contribution in [1.82, 2.24) is 9.97 Å². The van der Waals surface area contributed by atoms with Gasteiger partial charge in [0.1, 0.15) is 6.07 Å². The van der Waals surface area contributed by atoms with E-state index in [4.69, 9.17) is 4.98 Å². The van der Waals surface area contributed by atoms with Crippen molar-refractivity contribution in [3.05, 3.63) is 168 Å². The molecule has 0 saturated carbocycles. The Kier molecular flexibility index (Phi) is 4.89. The van der Waals surface area contributed by atoms with E-state index in [2.05, 4.69) is 120 Å². The summed E-state index contributed by atoms with van der Waals surface area (Å²) in [4.78, 5) is 9.45. The predicted molar refractivity (Wildman–Crippen MR) is 171 cm³/mol. The fraction of sp³-hybridized carbons (Fsp3) is 0.0250. The Bertz CT molecular complexity index is 2280. The van der Waals surface area contributed by atoms with Gasteiger partial charge >= 0.3 is 0 Å². The number of hydrogen-bond acceptors (Lipinski definition) is 3. The molecule has 1 spiro atoms. The molecule has 198 valence electrons. The minimum Gasteiger partial charge on any atom is -0.263 e. The molecule has 0 atom stereocenters. The molecule has 0 amide bonds. The van der Waals surface area contributed by atoms with E-state index in [9.17, 15) is 5.26 Å². The van der Waals surface area contributed by atoms with E-state index in [-0.39, 0.29) is 0 Å². The average Bonchev–Trinajstić information content (AvgIpc) is 3.55. The van der Waals surface area contributed by atoms with Gasteiger partial charge in [0, 0.05) is 23.5 Å². The van der Waals surface area contributed by atoms with E-state index in [1.165, 1.54) is 55.3 Å². The summed E-state index contributed by atoms with van der Waals surface area (Å²) in [5.41, 5.74) is 14.1. The highest BCUT2D eigenvalue weighted by Crippen LogP contribution is 2.64. The molecule has 3 heteroatoms. The number of rotatable bonds is 2. The third kappa shape index (κ3) is 3.13. The van der Waals surface area contributed by atoms with Gasteiger partial charge in [0.05, 0.1) is 22.4 Å². The lowest BCUT2D eigenvalue weighted by atomic mass is 9.70. The Labute approximate surface area is 249 Å². The van der Waals surface area contributed by atoms with Crippen LogP contribution in [0.4, 0.5) is 0 Å². The van der Waals surface area contributed by atoms with Crippen LogP contribution in [0.2, 0.25) is 0 Å². The summed E-state index contributed by atoms with van der Waals surface area (Å²) in [6.07, 6.45) is 3.35. The fourth-order valence-corrected chi connectivity index (χ4v) is 7.55. The van der Waals surface area contributed by atoms with E-state index < -0.39 is 5.41 Å². The van der Waals surface area contributed by atoms with Crippen molar-refractivity contribution in [2.24, 2.45) is 0 Å². The first-order chi connectivity index (χ1) is 21.3. The third-order valence-corrected chi connectivity index (χ3v) is 9.19. The maximum Gasteiger partial charge on any atom is 0.101 e. The second-order valence-electron chi connectivity index (χ2n) is 11.3. The van der Waals surface area contributed by atoms with Crippen LogP contribution < -0.4 is 0 Å². The molecular formula is C40H23N3. The minimum absolute atomic E-state index is 0.430. The Morgan fingerprint density at radius 2 is 1.12 bits per heavy atom. The van der Waals surface area contributed by atoms with Crippen molar-refractivity contribution in [2.45, 2.75) is 5.41 Å². The molecule has 0 N–H and O–H groups in total. The van der Waals surface area contributed by atoms with E-state index in [0.717, 1.165) is 22.5 Å². The zero-order valence-electron chi connectivity index (χ0n) is 23.1. The highest BCUT2D eigenvalue weighted by Gasteiger charge is 2.52. The van der Waals surface area contributed by atoms with Crippen molar-refractivity contribution in [3.8, 4) is 50.8 Å². The molecule has 0 aliphatic heterocycles. The highest BCUT2D eigenvalue weighted by molar-refractivity contribution is 6.11. The fourth-order valence-electron chi connectivity index (χ4n) is 7.55. The van der Waals surface area contributed by atoms with Crippen molar-refractivity contribution >= 4 is 10.8 Å². The van der Waals surface area contributed by atoms with E-state index in [0.29, 0.717) is 5.56 Å². The van der Waals surface area contributed by atoms with Crippen molar-refractivity contribution < 1.29 is 0 Å². The smallest absolute Gasteiger partial charge is 0.101 e. The number of nitriles is 1. The van der Waals surface area contributed by atoms with Gasteiger partial charge in [0.25, 0.3) is 0 Å². The van der Waals surface area contributed by atoms with Crippen LogP contribution in [0, 0.1) is 11.3 Å². The second-order valence-corrected chi connectivity index (χ2v) is 11.3. The number of fused-ring (bicyclic) bond motifs is 12.